The van der Waals surface area contributed by atoms with Crippen molar-refractivity contribution in [1.82, 2.24) is 0 Å². The SMILES string of the molecule is COCOC(C)[C@@]12OC(C)(C)O[C@@H]1[C@H]1O[C@H]3[C@H](Br)[C@@H]4C[C@H]3[C@H]1[C@@H]42. The summed E-state index contributed by atoms with van der Waals surface area (Å²) < 4.78 is 30.6. The van der Waals surface area contributed by atoms with Crippen LogP contribution in [0.1, 0.15) is 27.2 Å². The van der Waals surface area contributed by atoms with E-state index in [2.05, 4.69) is 22.9 Å². The van der Waals surface area contributed by atoms with Gasteiger partial charge < -0.3 is 23.7 Å². The predicted octanol–water partition coefficient (Wildman–Crippen LogP) is 2.31. The van der Waals surface area contributed by atoms with Crippen molar-refractivity contribution in [2.24, 2.45) is 23.7 Å². The molecular weight excluding hydrogens is 364 g/mol. The summed E-state index contributed by atoms with van der Waals surface area (Å²) in [5, 5.41) is 0. The van der Waals surface area contributed by atoms with Gasteiger partial charge in [-0.3, -0.25) is 0 Å². The minimum atomic E-state index is -0.601. The van der Waals surface area contributed by atoms with Crippen molar-refractivity contribution >= 4 is 15.9 Å². The standard InChI is InChI=1S/C17H25BrO5/c1-7(20-6-19-4)17-11-9-5-8-10(11)14(21-13(8)12(9)18)15(17)22-16(2,3)23-17/h7-15H,5-6H2,1-4H3/t7?,8-,9+,10-,11+,12+,13+,14-,15+,17-/m0/s1. The molecule has 23 heavy (non-hydrogen) atoms. The van der Waals surface area contributed by atoms with Gasteiger partial charge in [0.2, 0.25) is 0 Å². The van der Waals surface area contributed by atoms with Crippen LogP contribution in [0.3, 0.4) is 0 Å². The molecule has 0 N–H and O–H groups in total. The van der Waals surface area contributed by atoms with E-state index in [1.165, 1.54) is 6.42 Å². The van der Waals surface area contributed by atoms with Gasteiger partial charge in [0, 0.05) is 17.9 Å². The van der Waals surface area contributed by atoms with Crippen molar-refractivity contribution in [1.29, 1.82) is 0 Å². The van der Waals surface area contributed by atoms with Crippen molar-refractivity contribution in [2.45, 2.75) is 67.8 Å². The van der Waals surface area contributed by atoms with E-state index in [1.54, 1.807) is 7.11 Å². The summed E-state index contributed by atoms with van der Waals surface area (Å²) in [6.45, 7) is 6.38. The average molecular weight is 389 g/mol. The lowest BCUT2D eigenvalue weighted by Crippen LogP contribution is -2.58. The molecule has 0 aromatic carbocycles. The lowest BCUT2D eigenvalue weighted by atomic mass is 9.73. The Morgan fingerprint density at radius 3 is 2.78 bits per heavy atom. The van der Waals surface area contributed by atoms with Crippen LogP contribution in [0, 0.1) is 23.7 Å². The van der Waals surface area contributed by atoms with Gasteiger partial charge in [-0.25, -0.2) is 0 Å². The van der Waals surface area contributed by atoms with Gasteiger partial charge >= 0.3 is 0 Å². The maximum atomic E-state index is 6.63. The molecule has 2 aliphatic heterocycles. The second kappa shape index (κ2) is 4.71. The Bertz CT molecular complexity index is 527. The summed E-state index contributed by atoms with van der Waals surface area (Å²) in [4.78, 5) is 0.429. The van der Waals surface area contributed by atoms with Crippen molar-refractivity contribution < 1.29 is 23.7 Å². The minimum absolute atomic E-state index is 0.0466. The Kier molecular flexibility index (Phi) is 3.18. The first-order valence-corrected chi connectivity index (χ1v) is 9.60. The number of hydrogen-bond acceptors (Lipinski definition) is 5. The summed E-state index contributed by atoms with van der Waals surface area (Å²) in [6.07, 6.45) is 1.59. The highest BCUT2D eigenvalue weighted by Crippen LogP contribution is 2.72. The number of ether oxygens (including phenoxy) is 5. The summed E-state index contributed by atoms with van der Waals surface area (Å²) in [5.74, 6) is 1.60. The van der Waals surface area contributed by atoms with Crippen LogP contribution in [-0.4, -0.2) is 54.5 Å². The number of methoxy groups -OCH3 is 1. The molecule has 5 fully saturated rings. The maximum Gasteiger partial charge on any atom is 0.164 e. The Balaban J connectivity index is 1.58. The van der Waals surface area contributed by atoms with Gasteiger partial charge in [0.15, 0.2) is 5.79 Å². The smallest absolute Gasteiger partial charge is 0.164 e. The van der Waals surface area contributed by atoms with E-state index in [4.69, 9.17) is 23.7 Å². The summed E-state index contributed by atoms with van der Waals surface area (Å²) in [5.41, 5.74) is -0.436. The molecule has 2 heterocycles. The fourth-order valence-corrected chi connectivity index (χ4v) is 7.57. The number of alkyl halides is 1. The van der Waals surface area contributed by atoms with Crippen LogP contribution in [-0.2, 0) is 23.7 Å². The van der Waals surface area contributed by atoms with Gasteiger partial charge in [-0.1, -0.05) is 15.9 Å². The fraction of sp³-hybridized carbons (Fsp3) is 1.00. The summed E-state index contributed by atoms with van der Waals surface area (Å²) in [7, 11) is 1.65. The first-order valence-electron chi connectivity index (χ1n) is 8.69. The number of fused-ring (bicyclic) bond motifs is 5. The Morgan fingerprint density at radius 1 is 1.26 bits per heavy atom. The zero-order valence-corrected chi connectivity index (χ0v) is 15.6. The molecule has 6 heteroatoms. The van der Waals surface area contributed by atoms with Gasteiger partial charge in [-0.15, -0.1) is 0 Å². The molecule has 2 saturated heterocycles. The van der Waals surface area contributed by atoms with Gasteiger partial charge in [-0.05, 0) is 44.9 Å². The first-order chi connectivity index (χ1) is 10.9. The monoisotopic (exact) mass is 388 g/mol. The second-order valence-electron chi connectivity index (χ2n) is 8.29. The third-order valence-electron chi connectivity index (χ3n) is 6.92. The number of halogens is 1. The van der Waals surface area contributed by atoms with E-state index in [0.717, 1.165) is 0 Å². The molecule has 2 bridgehead atoms. The lowest BCUT2D eigenvalue weighted by molar-refractivity contribution is -0.225. The topological polar surface area (TPSA) is 46.2 Å². The van der Waals surface area contributed by atoms with Gasteiger partial charge in [0.25, 0.3) is 0 Å². The maximum absolute atomic E-state index is 6.63. The van der Waals surface area contributed by atoms with Crippen molar-refractivity contribution in [3.63, 3.8) is 0 Å². The van der Waals surface area contributed by atoms with E-state index in [-0.39, 0.29) is 25.1 Å². The van der Waals surface area contributed by atoms with Crippen LogP contribution in [0.15, 0.2) is 0 Å². The van der Waals surface area contributed by atoms with E-state index < -0.39 is 11.4 Å². The van der Waals surface area contributed by atoms with Gasteiger partial charge in [-0.2, -0.15) is 0 Å². The normalized spacial score (nSPS) is 58.8. The minimum Gasteiger partial charge on any atom is -0.370 e. The zero-order valence-electron chi connectivity index (χ0n) is 14.0. The highest BCUT2D eigenvalue weighted by atomic mass is 79.9. The number of hydrogen-bond donors (Lipinski definition) is 0. The molecule has 5 nitrogen and oxygen atoms in total. The van der Waals surface area contributed by atoms with Crippen molar-refractivity contribution in [2.75, 3.05) is 13.9 Å². The molecule has 3 saturated carbocycles. The molecule has 10 atom stereocenters. The lowest BCUT2D eigenvalue weighted by Gasteiger charge is -2.44. The number of rotatable bonds is 4. The van der Waals surface area contributed by atoms with Crippen LogP contribution in [0.4, 0.5) is 0 Å². The average Bonchev–Trinajstić information content (AvgIpc) is 3.18. The molecule has 0 amide bonds. The van der Waals surface area contributed by atoms with Crippen LogP contribution >= 0.6 is 15.9 Å². The predicted molar refractivity (Wildman–Crippen MR) is 85.1 cm³/mol. The Labute approximate surface area is 145 Å². The van der Waals surface area contributed by atoms with Crippen LogP contribution < -0.4 is 0 Å². The molecule has 3 aliphatic carbocycles. The van der Waals surface area contributed by atoms with Crippen LogP contribution in [0.2, 0.25) is 0 Å². The van der Waals surface area contributed by atoms with E-state index in [0.29, 0.717) is 34.6 Å². The summed E-state index contributed by atoms with van der Waals surface area (Å²) >= 11 is 3.92. The van der Waals surface area contributed by atoms with Gasteiger partial charge in [0.05, 0.1) is 18.3 Å². The third kappa shape index (κ3) is 1.71. The Morgan fingerprint density at radius 2 is 2.04 bits per heavy atom. The van der Waals surface area contributed by atoms with Crippen LogP contribution in [0.25, 0.3) is 0 Å². The van der Waals surface area contributed by atoms with E-state index >= 15 is 0 Å². The largest absolute Gasteiger partial charge is 0.370 e. The highest BCUT2D eigenvalue weighted by Gasteiger charge is 2.81. The van der Waals surface area contributed by atoms with Gasteiger partial charge in [0.1, 0.15) is 18.5 Å². The highest BCUT2D eigenvalue weighted by molar-refractivity contribution is 9.09. The molecule has 0 radical (unpaired) electrons. The van der Waals surface area contributed by atoms with Crippen LogP contribution in [0.5, 0.6) is 0 Å². The molecule has 0 aromatic heterocycles. The molecule has 0 spiro atoms. The van der Waals surface area contributed by atoms with Crippen molar-refractivity contribution in [3.05, 3.63) is 0 Å². The third-order valence-corrected chi connectivity index (χ3v) is 8.12. The Hall–Kier alpha value is 0.280. The van der Waals surface area contributed by atoms with Crippen molar-refractivity contribution in [3.8, 4) is 0 Å². The molecule has 1 unspecified atom stereocenters. The molecule has 130 valence electrons. The van der Waals surface area contributed by atoms with E-state index in [9.17, 15) is 0 Å². The fourth-order valence-electron chi connectivity index (χ4n) is 6.51. The molecule has 5 aliphatic rings. The molecule has 0 aromatic rings. The molecular formula is C17H25BrO5. The first kappa shape index (κ1) is 15.5. The molecule has 5 rings (SSSR count). The zero-order chi connectivity index (χ0) is 16.1. The second-order valence-corrected chi connectivity index (χ2v) is 9.34. The quantitative estimate of drug-likeness (QED) is 0.546. The van der Waals surface area contributed by atoms with E-state index in [1.807, 2.05) is 13.8 Å². The summed E-state index contributed by atoms with van der Waals surface area (Å²) in [6, 6.07) is 0.